The molecule has 2 aromatic heterocycles. The molecule has 0 saturated carbocycles. The van der Waals surface area contributed by atoms with Crippen LogP contribution in [0.3, 0.4) is 0 Å². The van der Waals surface area contributed by atoms with Gasteiger partial charge in [-0.25, -0.2) is 14.5 Å². The minimum atomic E-state index is -0.923. The molecule has 0 aliphatic carbocycles. The number of hydrogen-bond donors (Lipinski definition) is 1. The number of para-hydroxylation sites is 1. The normalized spacial score (nSPS) is 10.8. The lowest BCUT2D eigenvalue weighted by molar-refractivity contribution is -0.112. The van der Waals surface area contributed by atoms with Crippen LogP contribution in [-0.2, 0) is 9.53 Å². The Morgan fingerprint density at radius 1 is 0.868 bits per heavy atom. The van der Waals surface area contributed by atoms with Gasteiger partial charge >= 0.3 is 5.97 Å². The second kappa shape index (κ2) is 10.4. The molecule has 5 aromatic rings. The number of amides is 1. The van der Waals surface area contributed by atoms with Crippen LogP contribution in [0.5, 0.6) is 0 Å². The number of carbonyl (C=O) groups excluding carboxylic acids is 3. The van der Waals surface area contributed by atoms with Gasteiger partial charge in [-0.1, -0.05) is 64.5 Å². The number of anilines is 1. The Kier molecular flexibility index (Phi) is 6.85. The fraction of sp³-hybridized carbons (Fsp3) is 0.0690. The molecule has 38 heavy (non-hydrogen) atoms. The van der Waals surface area contributed by atoms with E-state index in [1.165, 1.54) is 7.11 Å². The number of halogens is 1. The first-order valence-electron chi connectivity index (χ1n) is 11.6. The van der Waals surface area contributed by atoms with Gasteiger partial charge in [-0.15, -0.1) is 0 Å². The monoisotopic (exact) mass is 568 g/mol. The summed E-state index contributed by atoms with van der Waals surface area (Å²) in [5, 5.41) is 7.57. The van der Waals surface area contributed by atoms with Crippen molar-refractivity contribution in [1.29, 1.82) is 0 Å². The Bertz CT molecular complexity index is 1680. The second-order valence-electron chi connectivity index (χ2n) is 8.39. The first-order chi connectivity index (χ1) is 18.4. The molecule has 0 unspecified atom stereocenters. The van der Waals surface area contributed by atoms with Gasteiger partial charge in [0.2, 0.25) is 0 Å². The summed E-state index contributed by atoms with van der Waals surface area (Å²) in [5.74, 6) is -2.61. The SMILES string of the molecule is COC(=O)c1c(C(=O)C(=O)Nc2ccc(Br)cc2)c(-c2ccccc2)nc2c1c(C)nn2-c1ccccc1. The molecular weight excluding hydrogens is 548 g/mol. The predicted octanol–water partition coefficient (Wildman–Crippen LogP) is 5.77. The van der Waals surface area contributed by atoms with Crippen LogP contribution < -0.4 is 5.32 Å². The van der Waals surface area contributed by atoms with E-state index in [-0.39, 0.29) is 16.8 Å². The van der Waals surface area contributed by atoms with Crippen LogP contribution in [0.25, 0.3) is 28.0 Å². The van der Waals surface area contributed by atoms with E-state index < -0.39 is 17.7 Å². The number of rotatable bonds is 6. The molecule has 3 aromatic carbocycles. The molecule has 188 valence electrons. The van der Waals surface area contributed by atoms with Crippen LogP contribution in [0.2, 0.25) is 0 Å². The van der Waals surface area contributed by atoms with Gasteiger partial charge in [-0.2, -0.15) is 5.10 Å². The van der Waals surface area contributed by atoms with Gasteiger partial charge < -0.3 is 10.1 Å². The maximum atomic E-state index is 13.8. The highest BCUT2D eigenvalue weighted by Gasteiger charge is 2.33. The quantitative estimate of drug-likeness (QED) is 0.158. The summed E-state index contributed by atoms with van der Waals surface area (Å²) in [6.45, 7) is 1.72. The fourth-order valence-electron chi connectivity index (χ4n) is 4.23. The Morgan fingerprint density at radius 3 is 2.13 bits per heavy atom. The molecule has 5 rings (SSSR count). The van der Waals surface area contributed by atoms with Crippen LogP contribution in [0.1, 0.15) is 26.4 Å². The number of methoxy groups -OCH3 is 1. The molecular formula is C29H21BrN4O4. The van der Waals surface area contributed by atoms with Crippen molar-refractivity contribution in [3.63, 3.8) is 0 Å². The summed E-state index contributed by atoms with van der Waals surface area (Å²) in [6, 6.07) is 25.0. The van der Waals surface area contributed by atoms with E-state index in [9.17, 15) is 14.4 Å². The van der Waals surface area contributed by atoms with Gasteiger partial charge in [0, 0.05) is 15.7 Å². The van der Waals surface area contributed by atoms with Crippen molar-refractivity contribution in [2.45, 2.75) is 6.92 Å². The third kappa shape index (κ3) is 4.59. The smallest absolute Gasteiger partial charge is 0.339 e. The Hall–Kier alpha value is -4.63. The highest BCUT2D eigenvalue weighted by Crippen LogP contribution is 2.34. The molecule has 1 amide bonds. The van der Waals surface area contributed by atoms with E-state index in [0.29, 0.717) is 28.0 Å². The fourth-order valence-corrected chi connectivity index (χ4v) is 4.50. The predicted molar refractivity (Wildman–Crippen MR) is 147 cm³/mol. The number of hydrogen-bond acceptors (Lipinski definition) is 6. The van der Waals surface area contributed by atoms with E-state index in [4.69, 9.17) is 9.72 Å². The molecule has 0 spiro atoms. The van der Waals surface area contributed by atoms with Crippen molar-refractivity contribution in [3.8, 4) is 16.9 Å². The standard InChI is InChI=1S/C29H21BrN4O4/c1-17-22-23(29(37)38-2)24(26(35)28(36)31-20-15-13-19(30)14-16-20)25(18-9-5-3-6-10-18)32-27(22)34(33-17)21-11-7-4-8-12-21/h3-16H,1-2H3,(H,31,36). The van der Waals surface area contributed by atoms with Gasteiger partial charge in [-0.3, -0.25) is 9.59 Å². The highest BCUT2D eigenvalue weighted by molar-refractivity contribution is 9.10. The van der Waals surface area contributed by atoms with Crippen molar-refractivity contribution < 1.29 is 19.1 Å². The zero-order chi connectivity index (χ0) is 26.8. The average Bonchev–Trinajstić information content (AvgIpc) is 3.29. The maximum Gasteiger partial charge on any atom is 0.339 e. The zero-order valence-corrected chi connectivity index (χ0v) is 22.0. The van der Waals surface area contributed by atoms with Gasteiger partial charge in [0.15, 0.2) is 5.65 Å². The molecule has 8 nitrogen and oxygen atoms in total. The van der Waals surface area contributed by atoms with Crippen LogP contribution in [-0.4, -0.2) is 39.5 Å². The van der Waals surface area contributed by atoms with Gasteiger partial charge in [0.25, 0.3) is 11.7 Å². The van der Waals surface area contributed by atoms with Gasteiger partial charge in [-0.05, 0) is 43.3 Å². The molecule has 0 fully saturated rings. The minimum absolute atomic E-state index is 0.0630. The summed E-state index contributed by atoms with van der Waals surface area (Å²) in [4.78, 5) is 45.1. The number of carbonyl (C=O) groups is 3. The van der Waals surface area contributed by atoms with E-state index in [1.54, 1.807) is 60.1 Å². The minimum Gasteiger partial charge on any atom is -0.465 e. The number of nitrogens with one attached hydrogen (secondary N) is 1. The summed E-state index contributed by atoms with van der Waals surface area (Å²) in [7, 11) is 1.23. The van der Waals surface area contributed by atoms with Gasteiger partial charge in [0.1, 0.15) is 0 Å². The highest BCUT2D eigenvalue weighted by atomic mass is 79.9. The van der Waals surface area contributed by atoms with E-state index in [0.717, 1.165) is 10.2 Å². The molecule has 9 heteroatoms. The number of esters is 1. The lowest BCUT2D eigenvalue weighted by Crippen LogP contribution is -2.26. The molecule has 0 aliphatic heterocycles. The number of ether oxygens (including phenoxy) is 1. The largest absolute Gasteiger partial charge is 0.465 e. The number of aryl methyl sites for hydroxylation is 1. The lowest BCUT2D eigenvalue weighted by atomic mass is 9.94. The molecule has 0 radical (unpaired) electrons. The molecule has 0 atom stereocenters. The summed E-state index contributed by atoms with van der Waals surface area (Å²) < 4.78 is 7.55. The summed E-state index contributed by atoms with van der Waals surface area (Å²) >= 11 is 3.35. The maximum absolute atomic E-state index is 13.8. The van der Waals surface area contributed by atoms with E-state index in [2.05, 4.69) is 26.3 Å². The van der Waals surface area contributed by atoms with Crippen molar-refractivity contribution in [3.05, 3.63) is 106 Å². The number of benzene rings is 3. The molecule has 0 saturated heterocycles. The van der Waals surface area contributed by atoms with E-state index >= 15 is 0 Å². The second-order valence-corrected chi connectivity index (χ2v) is 9.31. The van der Waals surface area contributed by atoms with Crippen molar-refractivity contribution in [1.82, 2.24) is 14.8 Å². The van der Waals surface area contributed by atoms with Crippen LogP contribution in [0, 0.1) is 6.92 Å². The van der Waals surface area contributed by atoms with Crippen LogP contribution in [0.15, 0.2) is 89.4 Å². The van der Waals surface area contributed by atoms with Crippen LogP contribution >= 0.6 is 15.9 Å². The number of nitrogens with zero attached hydrogens (tertiary/aromatic N) is 3. The average molecular weight is 569 g/mol. The number of fused-ring (bicyclic) bond motifs is 1. The number of pyridine rings is 1. The van der Waals surface area contributed by atoms with Gasteiger partial charge in [0.05, 0.1) is 40.7 Å². The van der Waals surface area contributed by atoms with E-state index in [1.807, 2.05) is 36.4 Å². The Labute approximate surface area is 226 Å². The Balaban J connectivity index is 1.79. The Morgan fingerprint density at radius 2 is 1.50 bits per heavy atom. The molecule has 2 heterocycles. The zero-order valence-electron chi connectivity index (χ0n) is 20.4. The number of aromatic nitrogens is 3. The molecule has 1 N–H and O–H groups in total. The summed E-state index contributed by atoms with van der Waals surface area (Å²) in [5.41, 5.74) is 2.48. The first-order valence-corrected chi connectivity index (χ1v) is 12.4. The number of Topliss-reactive ketones (excluding diaryl/α,β-unsaturated/α-hetero) is 1. The number of ketones is 1. The van der Waals surface area contributed by atoms with Crippen LogP contribution in [0.4, 0.5) is 5.69 Å². The topological polar surface area (TPSA) is 103 Å². The first kappa shape index (κ1) is 25.0. The third-order valence-electron chi connectivity index (χ3n) is 5.96. The van der Waals surface area contributed by atoms with Crippen molar-refractivity contribution in [2.75, 3.05) is 12.4 Å². The molecule has 0 aliphatic rings. The van der Waals surface area contributed by atoms with Crippen molar-refractivity contribution in [2.24, 2.45) is 0 Å². The summed E-state index contributed by atoms with van der Waals surface area (Å²) in [6.07, 6.45) is 0. The third-order valence-corrected chi connectivity index (χ3v) is 6.49. The molecule has 0 bridgehead atoms. The van der Waals surface area contributed by atoms with Crippen molar-refractivity contribution >= 4 is 50.3 Å². The lowest BCUT2D eigenvalue weighted by Gasteiger charge is -2.15.